The number of nitrogens with one attached hydrogen (secondary N) is 1. The van der Waals surface area contributed by atoms with E-state index in [1.807, 2.05) is 72.1 Å². The summed E-state index contributed by atoms with van der Waals surface area (Å²) in [5.74, 6) is 2.26. The van der Waals surface area contributed by atoms with Crippen molar-refractivity contribution < 1.29 is 9.32 Å². The SMILES string of the molecule is O=C(Nc1cccc(C2SCCS2)c1)c1cc(-c2ccccc2)no1. The third kappa shape index (κ3) is 3.75. The average Bonchev–Trinajstić information content (AvgIpc) is 3.35. The summed E-state index contributed by atoms with van der Waals surface area (Å²) in [5.41, 5.74) is 3.57. The molecular weight excluding hydrogens is 352 g/mol. The second-order valence-corrected chi connectivity index (χ2v) is 8.32. The number of carbonyl (C=O) groups excluding carboxylic acids is 1. The van der Waals surface area contributed by atoms with Gasteiger partial charge in [0.05, 0.1) is 4.58 Å². The molecule has 0 unspecified atom stereocenters. The minimum absolute atomic E-state index is 0.203. The number of rotatable bonds is 4. The molecule has 4 rings (SSSR count). The Bertz CT molecular complexity index is 874. The van der Waals surface area contributed by atoms with Crippen LogP contribution in [0.25, 0.3) is 11.3 Å². The Balaban J connectivity index is 1.49. The first-order chi connectivity index (χ1) is 12.3. The Morgan fingerprint density at radius 1 is 1.04 bits per heavy atom. The van der Waals surface area contributed by atoms with Gasteiger partial charge in [-0.1, -0.05) is 47.6 Å². The van der Waals surface area contributed by atoms with E-state index >= 15 is 0 Å². The van der Waals surface area contributed by atoms with Crippen LogP contribution in [-0.4, -0.2) is 22.6 Å². The number of benzene rings is 2. The Hall–Kier alpha value is -2.18. The van der Waals surface area contributed by atoms with E-state index in [4.69, 9.17) is 4.52 Å². The van der Waals surface area contributed by atoms with Crippen molar-refractivity contribution in [3.8, 4) is 11.3 Å². The molecule has 1 amide bonds. The van der Waals surface area contributed by atoms with Crippen molar-refractivity contribution in [2.45, 2.75) is 4.58 Å². The predicted molar refractivity (Wildman–Crippen MR) is 104 cm³/mol. The van der Waals surface area contributed by atoms with Crippen molar-refractivity contribution in [2.24, 2.45) is 0 Å². The third-order valence-corrected chi connectivity index (χ3v) is 6.95. The molecule has 2 heterocycles. The van der Waals surface area contributed by atoms with E-state index in [0.717, 1.165) is 11.3 Å². The minimum Gasteiger partial charge on any atom is -0.350 e. The van der Waals surface area contributed by atoms with Gasteiger partial charge in [-0.25, -0.2) is 0 Å². The van der Waals surface area contributed by atoms with E-state index in [-0.39, 0.29) is 11.7 Å². The molecular formula is C19H16N2O2S2. The van der Waals surface area contributed by atoms with E-state index in [1.54, 1.807) is 6.07 Å². The maximum absolute atomic E-state index is 12.4. The monoisotopic (exact) mass is 368 g/mol. The lowest BCUT2D eigenvalue weighted by atomic mass is 10.1. The van der Waals surface area contributed by atoms with Gasteiger partial charge in [-0.05, 0) is 17.7 Å². The molecule has 0 spiro atoms. The molecule has 1 aromatic heterocycles. The molecule has 2 aromatic carbocycles. The van der Waals surface area contributed by atoms with Gasteiger partial charge in [0.2, 0.25) is 5.76 Å². The molecule has 1 saturated heterocycles. The van der Waals surface area contributed by atoms with E-state index in [0.29, 0.717) is 10.3 Å². The molecule has 1 N–H and O–H groups in total. The minimum atomic E-state index is -0.293. The lowest BCUT2D eigenvalue weighted by Gasteiger charge is -2.10. The number of thioether (sulfide) groups is 2. The first-order valence-corrected chi connectivity index (χ1v) is 10.1. The van der Waals surface area contributed by atoms with Crippen LogP contribution in [0.15, 0.2) is 65.2 Å². The van der Waals surface area contributed by atoms with Crippen LogP contribution in [0.3, 0.4) is 0 Å². The molecule has 1 aliphatic heterocycles. The fourth-order valence-electron chi connectivity index (χ4n) is 2.63. The number of anilines is 1. The predicted octanol–water partition coefficient (Wildman–Crippen LogP) is 5.07. The number of amides is 1. The third-order valence-electron chi connectivity index (χ3n) is 3.84. The summed E-state index contributed by atoms with van der Waals surface area (Å²) in [5, 5.41) is 6.88. The van der Waals surface area contributed by atoms with Gasteiger partial charge in [0.15, 0.2) is 0 Å². The van der Waals surface area contributed by atoms with E-state index in [1.165, 1.54) is 17.1 Å². The first kappa shape index (κ1) is 16.3. The van der Waals surface area contributed by atoms with Crippen molar-refractivity contribution >= 4 is 35.1 Å². The van der Waals surface area contributed by atoms with Crippen molar-refractivity contribution in [3.05, 3.63) is 72.0 Å². The summed E-state index contributed by atoms with van der Waals surface area (Å²) in [4.78, 5) is 12.4. The number of carbonyl (C=O) groups is 1. The average molecular weight is 368 g/mol. The number of aromatic nitrogens is 1. The van der Waals surface area contributed by atoms with E-state index < -0.39 is 0 Å². The topological polar surface area (TPSA) is 55.1 Å². The summed E-state index contributed by atoms with van der Waals surface area (Å²) in [6.45, 7) is 0. The summed E-state index contributed by atoms with van der Waals surface area (Å²) in [7, 11) is 0. The summed E-state index contributed by atoms with van der Waals surface area (Å²) in [6.07, 6.45) is 0. The van der Waals surface area contributed by atoms with Gasteiger partial charge in [0, 0.05) is 28.8 Å². The van der Waals surface area contributed by atoms with Crippen LogP contribution in [0.1, 0.15) is 20.7 Å². The van der Waals surface area contributed by atoms with Crippen LogP contribution < -0.4 is 5.32 Å². The highest BCUT2D eigenvalue weighted by molar-refractivity contribution is 8.19. The van der Waals surface area contributed by atoms with Gasteiger partial charge in [-0.3, -0.25) is 4.79 Å². The smallest absolute Gasteiger partial charge is 0.294 e. The fraction of sp³-hybridized carbons (Fsp3) is 0.158. The van der Waals surface area contributed by atoms with Gasteiger partial charge in [-0.15, -0.1) is 23.5 Å². The lowest BCUT2D eigenvalue weighted by Crippen LogP contribution is -2.11. The molecule has 25 heavy (non-hydrogen) atoms. The van der Waals surface area contributed by atoms with Crippen LogP contribution in [0.4, 0.5) is 5.69 Å². The molecule has 126 valence electrons. The molecule has 1 fully saturated rings. The molecule has 0 atom stereocenters. The maximum Gasteiger partial charge on any atom is 0.294 e. The molecule has 0 aliphatic carbocycles. The second kappa shape index (κ2) is 7.37. The van der Waals surface area contributed by atoms with Gasteiger partial charge < -0.3 is 9.84 Å². The van der Waals surface area contributed by atoms with E-state index in [2.05, 4.69) is 16.5 Å². The zero-order valence-corrected chi connectivity index (χ0v) is 15.0. The fourth-order valence-corrected chi connectivity index (χ4v) is 5.47. The molecule has 0 radical (unpaired) electrons. The quantitative estimate of drug-likeness (QED) is 0.696. The van der Waals surface area contributed by atoms with Crippen LogP contribution in [0.2, 0.25) is 0 Å². The van der Waals surface area contributed by atoms with Gasteiger partial charge in [0.1, 0.15) is 5.69 Å². The lowest BCUT2D eigenvalue weighted by molar-refractivity contribution is 0.0988. The molecule has 4 nitrogen and oxygen atoms in total. The highest BCUT2D eigenvalue weighted by atomic mass is 32.2. The van der Waals surface area contributed by atoms with Crippen LogP contribution in [-0.2, 0) is 0 Å². The molecule has 1 aliphatic rings. The molecule has 0 saturated carbocycles. The van der Waals surface area contributed by atoms with Crippen LogP contribution in [0.5, 0.6) is 0 Å². The number of nitrogens with zero attached hydrogens (tertiary/aromatic N) is 1. The number of hydrogen-bond donors (Lipinski definition) is 1. The number of hydrogen-bond acceptors (Lipinski definition) is 5. The molecule has 0 bridgehead atoms. The van der Waals surface area contributed by atoms with Crippen molar-refractivity contribution in [1.29, 1.82) is 0 Å². The first-order valence-electron chi connectivity index (χ1n) is 7.96. The highest BCUT2D eigenvalue weighted by Gasteiger charge is 2.19. The van der Waals surface area contributed by atoms with Crippen molar-refractivity contribution in [2.75, 3.05) is 16.8 Å². The highest BCUT2D eigenvalue weighted by Crippen LogP contribution is 2.45. The van der Waals surface area contributed by atoms with Crippen molar-refractivity contribution in [1.82, 2.24) is 5.16 Å². The largest absolute Gasteiger partial charge is 0.350 e. The van der Waals surface area contributed by atoms with Crippen molar-refractivity contribution in [3.63, 3.8) is 0 Å². The molecule has 6 heteroatoms. The maximum atomic E-state index is 12.4. The normalized spacial score (nSPS) is 14.6. The Morgan fingerprint density at radius 3 is 2.64 bits per heavy atom. The zero-order valence-electron chi connectivity index (χ0n) is 13.3. The standard InChI is InChI=1S/C19H16N2O2S2/c22-18(17-12-16(21-23-17)13-5-2-1-3-6-13)20-15-8-4-7-14(11-15)19-24-9-10-25-19/h1-8,11-12,19H,9-10H2,(H,20,22). The summed E-state index contributed by atoms with van der Waals surface area (Å²) >= 11 is 3.88. The summed E-state index contributed by atoms with van der Waals surface area (Å²) < 4.78 is 5.66. The Labute approximate surface area is 154 Å². The van der Waals surface area contributed by atoms with Gasteiger partial charge >= 0.3 is 0 Å². The van der Waals surface area contributed by atoms with Gasteiger partial charge in [-0.2, -0.15) is 0 Å². The zero-order chi connectivity index (χ0) is 17.1. The van der Waals surface area contributed by atoms with E-state index in [9.17, 15) is 4.79 Å². The van der Waals surface area contributed by atoms with Crippen LogP contribution >= 0.6 is 23.5 Å². The summed E-state index contributed by atoms with van der Waals surface area (Å²) in [6, 6.07) is 19.3. The van der Waals surface area contributed by atoms with Crippen LogP contribution in [0, 0.1) is 0 Å². The second-order valence-electron chi connectivity index (χ2n) is 5.60. The van der Waals surface area contributed by atoms with Gasteiger partial charge in [0.25, 0.3) is 5.91 Å². The Morgan fingerprint density at radius 2 is 1.84 bits per heavy atom. The Kier molecular flexibility index (Phi) is 4.81. The molecule has 3 aromatic rings.